The molecule has 0 aliphatic heterocycles. The van der Waals surface area contributed by atoms with Gasteiger partial charge >= 0.3 is 0 Å². The van der Waals surface area contributed by atoms with Gasteiger partial charge in [-0.2, -0.15) is 0 Å². The van der Waals surface area contributed by atoms with Gasteiger partial charge in [-0.1, -0.05) is 29.8 Å². The number of pyridine rings is 1. The molecule has 6 heteroatoms. The first-order chi connectivity index (χ1) is 13.0. The highest BCUT2D eigenvalue weighted by Gasteiger charge is 2.21. The molecule has 27 heavy (non-hydrogen) atoms. The van der Waals surface area contributed by atoms with Gasteiger partial charge in [-0.05, 0) is 48.0 Å². The highest BCUT2D eigenvalue weighted by atomic mass is 35.5. The molecule has 138 valence electrons. The topological polar surface area (TPSA) is 45.2 Å². The summed E-state index contributed by atoms with van der Waals surface area (Å²) in [4.78, 5) is 17.9. The van der Waals surface area contributed by atoms with Crippen LogP contribution in [0.5, 0.6) is 0 Å². The summed E-state index contributed by atoms with van der Waals surface area (Å²) in [6.45, 7) is 1.89. The van der Waals surface area contributed by atoms with Gasteiger partial charge in [0.1, 0.15) is 5.82 Å². The van der Waals surface area contributed by atoms with Crippen LogP contribution < -0.4 is 10.2 Å². The van der Waals surface area contributed by atoms with Crippen molar-refractivity contribution in [1.29, 1.82) is 0 Å². The lowest BCUT2D eigenvalue weighted by atomic mass is 10.1. The average Bonchev–Trinajstić information content (AvgIpc) is 2.67. The molecule has 3 rings (SSSR count). The van der Waals surface area contributed by atoms with E-state index in [0.717, 1.165) is 16.9 Å². The molecule has 3 aromatic rings. The van der Waals surface area contributed by atoms with Crippen LogP contribution in [0.3, 0.4) is 0 Å². The van der Waals surface area contributed by atoms with Crippen LogP contribution in [-0.4, -0.2) is 17.4 Å². The Morgan fingerprint density at radius 3 is 2.33 bits per heavy atom. The number of hydrogen-bond donors (Lipinski definition) is 1. The van der Waals surface area contributed by atoms with Gasteiger partial charge in [0.05, 0.1) is 6.04 Å². The third-order valence-corrected chi connectivity index (χ3v) is 4.48. The summed E-state index contributed by atoms with van der Waals surface area (Å²) in [5.41, 5.74) is 2.49. The molecule has 0 aliphatic carbocycles. The van der Waals surface area contributed by atoms with E-state index in [9.17, 15) is 9.18 Å². The molecule has 0 radical (unpaired) electrons. The van der Waals surface area contributed by atoms with Crippen molar-refractivity contribution < 1.29 is 9.18 Å². The fourth-order valence-corrected chi connectivity index (χ4v) is 3.18. The molecular weight excluding hydrogens is 365 g/mol. The molecule has 0 spiro atoms. The predicted octanol–water partition coefficient (Wildman–Crippen LogP) is 4.89. The summed E-state index contributed by atoms with van der Waals surface area (Å²) in [6.07, 6.45) is 3.38. The Morgan fingerprint density at radius 2 is 1.70 bits per heavy atom. The lowest BCUT2D eigenvalue weighted by Gasteiger charge is -2.30. The normalized spacial score (nSPS) is 11.7. The zero-order valence-corrected chi connectivity index (χ0v) is 15.5. The Labute approximate surface area is 162 Å². The van der Waals surface area contributed by atoms with Crippen LogP contribution in [0.4, 0.5) is 15.8 Å². The number of carbonyl (C=O) groups excluding carboxylic acids is 1. The van der Waals surface area contributed by atoms with Crippen LogP contribution >= 0.6 is 11.6 Å². The van der Waals surface area contributed by atoms with Crippen LogP contribution in [-0.2, 0) is 4.79 Å². The summed E-state index contributed by atoms with van der Waals surface area (Å²) < 4.78 is 13.4. The molecule has 2 aromatic carbocycles. The first kappa shape index (κ1) is 18.9. The minimum atomic E-state index is -0.352. The first-order valence-electron chi connectivity index (χ1n) is 8.49. The number of nitrogens with one attached hydrogen (secondary N) is 1. The molecule has 1 atom stereocenters. The molecule has 0 saturated heterocycles. The van der Waals surface area contributed by atoms with Crippen molar-refractivity contribution in [2.75, 3.05) is 11.4 Å². The van der Waals surface area contributed by atoms with Gasteiger partial charge in [-0.15, -0.1) is 0 Å². The number of amides is 1. The van der Waals surface area contributed by atoms with Gasteiger partial charge in [0.2, 0.25) is 5.91 Å². The fraction of sp³-hybridized carbons (Fsp3) is 0.143. The smallest absolute Gasteiger partial charge is 0.217 e. The number of halogens is 2. The molecule has 0 fully saturated rings. The van der Waals surface area contributed by atoms with Gasteiger partial charge < -0.3 is 10.2 Å². The summed E-state index contributed by atoms with van der Waals surface area (Å²) in [6, 6.07) is 17.0. The van der Waals surface area contributed by atoms with E-state index in [1.165, 1.54) is 19.1 Å². The molecule has 1 aromatic heterocycles. The SMILES string of the molecule is CC(=O)NC(CN(c1ccncc1)c1ccc(F)cc1)c1ccccc1Cl. The number of benzene rings is 2. The van der Waals surface area contributed by atoms with Crippen molar-refractivity contribution >= 4 is 28.9 Å². The van der Waals surface area contributed by atoms with Crippen LogP contribution in [0.25, 0.3) is 0 Å². The maximum atomic E-state index is 13.4. The van der Waals surface area contributed by atoms with Crippen molar-refractivity contribution in [3.05, 3.63) is 89.5 Å². The van der Waals surface area contributed by atoms with Crippen molar-refractivity contribution in [2.24, 2.45) is 0 Å². The second-order valence-electron chi connectivity index (χ2n) is 6.07. The minimum Gasteiger partial charge on any atom is -0.348 e. The Morgan fingerprint density at radius 1 is 1.07 bits per heavy atom. The van der Waals surface area contributed by atoms with Crippen LogP contribution in [0.1, 0.15) is 18.5 Å². The van der Waals surface area contributed by atoms with E-state index in [2.05, 4.69) is 10.3 Å². The quantitative estimate of drug-likeness (QED) is 0.659. The average molecular weight is 384 g/mol. The number of aromatic nitrogens is 1. The van der Waals surface area contributed by atoms with E-state index < -0.39 is 0 Å². The zero-order chi connectivity index (χ0) is 19.2. The molecule has 1 N–H and O–H groups in total. The van der Waals surface area contributed by atoms with Gasteiger partial charge in [0, 0.05) is 42.3 Å². The molecule has 1 heterocycles. The fourth-order valence-electron chi connectivity index (χ4n) is 2.91. The van der Waals surface area contributed by atoms with Crippen LogP contribution in [0.2, 0.25) is 5.02 Å². The molecule has 0 aliphatic rings. The van der Waals surface area contributed by atoms with Gasteiger partial charge in [0.15, 0.2) is 0 Å². The van der Waals surface area contributed by atoms with E-state index >= 15 is 0 Å². The van der Waals surface area contributed by atoms with Crippen molar-refractivity contribution in [3.63, 3.8) is 0 Å². The summed E-state index contributed by atoms with van der Waals surface area (Å²) in [7, 11) is 0. The summed E-state index contributed by atoms with van der Waals surface area (Å²) in [5, 5.41) is 3.54. The molecule has 4 nitrogen and oxygen atoms in total. The Bertz CT molecular complexity index is 903. The number of carbonyl (C=O) groups is 1. The van der Waals surface area contributed by atoms with E-state index in [1.54, 1.807) is 30.6 Å². The van der Waals surface area contributed by atoms with Crippen molar-refractivity contribution in [3.8, 4) is 0 Å². The monoisotopic (exact) mass is 383 g/mol. The van der Waals surface area contributed by atoms with Gasteiger partial charge in [-0.3, -0.25) is 9.78 Å². The third-order valence-electron chi connectivity index (χ3n) is 4.14. The second-order valence-corrected chi connectivity index (χ2v) is 6.47. The van der Waals surface area contributed by atoms with E-state index in [0.29, 0.717) is 11.6 Å². The van der Waals surface area contributed by atoms with Crippen LogP contribution in [0, 0.1) is 5.82 Å². The Kier molecular flexibility index (Phi) is 6.04. The highest BCUT2D eigenvalue weighted by Crippen LogP contribution is 2.30. The molecular formula is C21H19ClFN3O. The standard InChI is InChI=1S/C21H19ClFN3O/c1-15(27)25-21(19-4-2-3-5-20(19)22)14-26(18-10-12-24-13-11-18)17-8-6-16(23)7-9-17/h2-13,21H,14H2,1H3,(H,25,27). The molecule has 0 bridgehead atoms. The van der Waals surface area contributed by atoms with E-state index in [-0.39, 0.29) is 17.8 Å². The van der Waals surface area contributed by atoms with Crippen LogP contribution in [0.15, 0.2) is 73.1 Å². The van der Waals surface area contributed by atoms with Gasteiger partial charge in [-0.25, -0.2) is 4.39 Å². The van der Waals surface area contributed by atoms with Crippen molar-refractivity contribution in [2.45, 2.75) is 13.0 Å². The number of rotatable bonds is 6. The largest absolute Gasteiger partial charge is 0.348 e. The Hall–Kier alpha value is -2.92. The first-order valence-corrected chi connectivity index (χ1v) is 8.87. The lowest BCUT2D eigenvalue weighted by molar-refractivity contribution is -0.119. The highest BCUT2D eigenvalue weighted by molar-refractivity contribution is 6.31. The molecule has 1 unspecified atom stereocenters. The maximum absolute atomic E-state index is 13.4. The Balaban J connectivity index is 2.01. The number of hydrogen-bond acceptors (Lipinski definition) is 3. The van der Waals surface area contributed by atoms with Gasteiger partial charge in [0.25, 0.3) is 0 Å². The summed E-state index contributed by atoms with van der Waals surface area (Å²) >= 11 is 6.37. The molecule has 0 saturated carbocycles. The zero-order valence-electron chi connectivity index (χ0n) is 14.8. The number of anilines is 2. The summed E-state index contributed by atoms with van der Waals surface area (Å²) in [5.74, 6) is -0.466. The third kappa shape index (κ3) is 4.83. The van der Waals surface area contributed by atoms with Crippen molar-refractivity contribution in [1.82, 2.24) is 10.3 Å². The second kappa shape index (κ2) is 8.64. The van der Waals surface area contributed by atoms with E-state index in [1.807, 2.05) is 35.2 Å². The molecule has 1 amide bonds. The predicted molar refractivity (Wildman–Crippen MR) is 106 cm³/mol. The minimum absolute atomic E-state index is 0.159. The lowest BCUT2D eigenvalue weighted by Crippen LogP contribution is -2.35. The number of nitrogens with zero attached hydrogens (tertiary/aromatic N) is 2. The van der Waals surface area contributed by atoms with E-state index in [4.69, 9.17) is 11.6 Å². The maximum Gasteiger partial charge on any atom is 0.217 e.